The molecule has 2 atom stereocenters. The first-order chi connectivity index (χ1) is 7.36. The van der Waals surface area contributed by atoms with Crippen LogP contribution in [0.25, 0.3) is 0 Å². The topological polar surface area (TPSA) is 29.5 Å². The van der Waals surface area contributed by atoms with Gasteiger partial charge in [-0.2, -0.15) is 0 Å². The van der Waals surface area contributed by atoms with E-state index in [1.807, 2.05) is 0 Å². The second-order valence-electron chi connectivity index (χ2n) is 5.27. The van der Waals surface area contributed by atoms with Gasteiger partial charge in [-0.15, -0.1) is 0 Å². The maximum atomic E-state index is 10.00. The molecule has 1 saturated heterocycles. The molecule has 2 aliphatic rings. The minimum atomic E-state index is -0.102. The molecule has 2 nitrogen and oxygen atoms in total. The van der Waals surface area contributed by atoms with E-state index in [4.69, 9.17) is 4.74 Å². The van der Waals surface area contributed by atoms with Crippen molar-refractivity contribution in [2.24, 2.45) is 11.8 Å². The lowest BCUT2D eigenvalue weighted by atomic mass is 9.84. The van der Waals surface area contributed by atoms with Crippen molar-refractivity contribution in [2.75, 3.05) is 13.2 Å². The summed E-state index contributed by atoms with van der Waals surface area (Å²) in [5.74, 6) is 1.32. The van der Waals surface area contributed by atoms with Gasteiger partial charge in [-0.1, -0.05) is 32.1 Å². The van der Waals surface area contributed by atoms with Gasteiger partial charge in [0.25, 0.3) is 0 Å². The third kappa shape index (κ3) is 3.46. The zero-order valence-electron chi connectivity index (χ0n) is 9.66. The van der Waals surface area contributed by atoms with Crippen molar-refractivity contribution in [3.63, 3.8) is 0 Å². The molecular formula is C13H24O2. The largest absolute Gasteiger partial charge is 0.393 e. The lowest BCUT2D eigenvalue weighted by molar-refractivity contribution is 0.0771. The monoisotopic (exact) mass is 212 g/mol. The molecule has 2 rings (SSSR count). The number of hydrogen-bond donors (Lipinski definition) is 1. The van der Waals surface area contributed by atoms with Crippen molar-refractivity contribution in [3.05, 3.63) is 0 Å². The van der Waals surface area contributed by atoms with E-state index in [0.29, 0.717) is 5.92 Å². The van der Waals surface area contributed by atoms with E-state index < -0.39 is 0 Å². The molecule has 88 valence electrons. The molecule has 0 aromatic heterocycles. The molecule has 1 saturated carbocycles. The summed E-state index contributed by atoms with van der Waals surface area (Å²) in [4.78, 5) is 0. The Kier molecular flexibility index (Phi) is 4.45. The summed E-state index contributed by atoms with van der Waals surface area (Å²) >= 11 is 0. The molecule has 2 unspecified atom stereocenters. The third-order valence-electron chi connectivity index (χ3n) is 4.10. The van der Waals surface area contributed by atoms with Crippen molar-refractivity contribution in [2.45, 2.75) is 57.5 Å². The molecule has 0 aromatic carbocycles. The molecule has 15 heavy (non-hydrogen) atoms. The molecule has 0 amide bonds. The maximum Gasteiger partial charge on any atom is 0.0591 e. The van der Waals surface area contributed by atoms with E-state index in [0.717, 1.165) is 32.0 Å². The first kappa shape index (κ1) is 11.4. The fourth-order valence-corrected chi connectivity index (χ4v) is 2.97. The van der Waals surface area contributed by atoms with E-state index >= 15 is 0 Å². The van der Waals surface area contributed by atoms with Crippen LogP contribution in [0.1, 0.15) is 51.4 Å². The van der Waals surface area contributed by atoms with Gasteiger partial charge in [0.1, 0.15) is 0 Å². The number of ether oxygens (including phenoxy) is 1. The molecule has 1 N–H and O–H groups in total. The highest BCUT2D eigenvalue weighted by molar-refractivity contribution is 4.75. The van der Waals surface area contributed by atoms with Crippen molar-refractivity contribution in [1.29, 1.82) is 0 Å². The van der Waals surface area contributed by atoms with Crippen molar-refractivity contribution in [1.82, 2.24) is 0 Å². The molecule has 1 aliphatic heterocycles. The maximum absolute atomic E-state index is 10.00. The molecule has 2 heteroatoms. The van der Waals surface area contributed by atoms with Crippen LogP contribution in [0.3, 0.4) is 0 Å². The van der Waals surface area contributed by atoms with Gasteiger partial charge >= 0.3 is 0 Å². The number of aliphatic hydroxyl groups excluding tert-OH is 1. The Labute approximate surface area is 93.0 Å². The van der Waals surface area contributed by atoms with Crippen LogP contribution in [0, 0.1) is 11.8 Å². The summed E-state index contributed by atoms with van der Waals surface area (Å²) < 4.78 is 5.31. The van der Waals surface area contributed by atoms with Gasteiger partial charge in [0.15, 0.2) is 0 Å². The minimum Gasteiger partial charge on any atom is -0.393 e. The first-order valence-corrected chi connectivity index (χ1v) is 6.62. The Balaban J connectivity index is 1.63. The summed E-state index contributed by atoms with van der Waals surface area (Å²) in [5.41, 5.74) is 0. The Hall–Kier alpha value is -0.0800. The zero-order valence-corrected chi connectivity index (χ0v) is 9.66. The summed E-state index contributed by atoms with van der Waals surface area (Å²) in [7, 11) is 0. The van der Waals surface area contributed by atoms with Crippen LogP contribution >= 0.6 is 0 Å². The lowest BCUT2D eigenvalue weighted by Gasteiger charge is -2.24. The quantitative estimate of drug-likeness (QED) is 0.776. The highest BCUT2D eigenvalue weighted by atomic mass is 16.5. The highest BCUT2D eigenvalue weighted by Gasteiger charge is 2.24. The van der Waals surface area contributed by atoms with Crippen LogP contribution in [0.4, 0.5) is 0 Å². The van der Waals surface area contributed by atoms with Gasteiger partial charge in [-0.05, 0) is 25.2 Å². The molecule has 0 aromatic rings. The Morgan fingerprint density at radius 2 is 1.93 bits per heavy atom. The standard InChI is InChI=1S/C13H24O2/c14-13(12-8-9-15-10-12)7-6-11-4-2-1-3-5-11/h11-14H,1-10H2. The van der Waals surface area contributed by atoms with Crippen LogP contribution in [-0.4, -0.2) is 24.4 Å². The smallest absolute Gasteiger partial charge is 0.0591 e. The Morgan fingerprint density at radius 1 is 1.13 bits per heavy atom. The van der Waals surface area contributed by atoms with Gasteiger partial charge in [-0.25, -0.2) is 0 Å². The molecule has 0 spiro atoms. The van der Waals surface area contributed by atoms with Gasteiger partial charge in [-0.3, -0.25) is 0 Å². The van der Waals surface area contributed by atoms with E-state index in [1.165, 1.54) is 38.5 Å². The van der Waals surface area contributed by atoms with Gasteiger partial charge in [0.05, 0.1) is 12.7 Å². The second kappa shape index (κ2) is 5.86. The van der Waals surface area contributed by atoms with E-state index in [9.17, 15) is 5.11 Å². The molecule has 1 heterocycles. The SMILES string of the molecule is OC(CCC1CCCCC1)C1CCOC1. The fraction of sp³-hybridized carbons (Fsp3) is 1.00. The van der Waals surface area contributed by atoms with Gasteiger partial charge < -0.3 is 9.84 Å². The molecule has 1 aliphatic carbocycles. The zero-order chi connectivity index (χ0) is 10.5. The highest BCUT2D eigenvalue weighted by Crippen LogP contribution is 2.29. The average molecular weight is 212 g/mol. The number of hydrogen-bond acceptors (Lipinski definition) is 2. The minimum absolute atomic E-state index is 0.102. The third-order valence-corrected chi connectivity index (χ3v) is 4.10. The van der Waals surface area contributed by atoms with Crippen molar-refractivity contribution >= 4 is 0 Å². The van der Waals surface area contributed by atoms with Crippen LogP contribution in [0.5, 0.6) is 0 Å². The summed E-state index contributed by atoms with van der Waals surface area (Å²) in [6, 6.07) is 0. The van der Waals surface area contributed by atoms with Gasteiger partial charge in [0, 0.05) is 12.5 Å². The fourth-order valence-electron chi connectivity index (χ4n) is 2.97. The van der Waals surface area contributed by atoms with Crippen LogP contribution in [0.2, 0.25) is 0 Å². The summed E-state index contributed by atoms with van der Waals surface area (Å²) in [5, 5.41) is 10.00. The predicted molar refractivity (Wildman–Crippen MR) is 60.7 cm³/mol. The van der Waals surface area contributed by atoms with Crippen LogP contribution in [-0.2, 0) is 4.74 Å². The molecule has 2 fully saturated rings. The van der Waals surface area contributed by atoms with Crippen LogP contribution in [0.15, 0.2) is 0 Å². The van der Waals surface area contributed by atoms with Gasteiger partial charge in [0.2, 0.25) is 0 Å². The van der Waals surface area contributed by atoms with Crippen LogP contribution < -0.4 is 0 Å². The Bertz CT molecular complexity index is 169. The number of rotatable bonds is 4. The molecule has 0 radical (unpaired) electrons. The average Bonchev–Trinajstić information content (AvgIpc) is 2.81. The normalized spacial score (nSPS) is 30.6. The first-order valence-electron chi connectivity index (χ1n) is 6.62. The molecular weight excluding hydrogens is 188 g/mol. The predicted octanol–water partition coefficient (Wildman–Crippen LogP) is 2.74. The molecule has 0 bridgehead atoms. The number of aliphatic hydroxyl groups is 1. The van der Waals surface area contributed by atoms with E-state index in [1.54, 1.807) is 0 Å². The second-order valence-corrected chi connectivity index (χ2v) is 5.27. The van der Waals surface area contributed by atoms with E-state index in [2.05, 4.69) is 0 Å². The van der Waals surface area contributed by atoms with Crippen molar-refractivity contribution < 1.29 is 9.84 Å². The summed E-state index contributed by atoms with van der Waals surface area (Å²) in [6.07, 6.45) is 10.2. The van der Waals surface area contributed by atoms with E-state index in [-0.39, 0.29) is 6.10 Å². The summed E-state index contributed by atoms with van der Waals surface area (Å²) in [6.45, 7) is 1.64. The Morgan fingerprint density at radius 3 is 2.60 bits per heavy atom. The van der Waals surface area contributed by atoms with Crippen molar-refractivity contribution in [3.8, 4) is 0 Å². The lowest BCUT2D eigenvalue weighted by Crippen LogP contribution is -2.22.